The number of carbonyl (C=O) groups is 1. The van der Waals surface area contributed by atoms with Crippen LogP contribution in [-0.4, -0.2) is 48.1 Å². The van der Waals surface area contributed by atoms with Gasteiger partial charge >= 0.3 is 5.97 Å². The zero-order chi connectivity index (χ0) is 15.4. The summed E-state index contributed by atoms with van der Waals surface area (Å²) >= 11 is 5.86. The average molecular weight is 307 g/mol. The quantitative estimate of drug-likeness (QED) is 0.494. The number of imidazole rings is 1. The standard InChI is InChI=1S/C14H15ClN4O2/c1-18(2)9-16-19-8-12(17-13(19)14(20)21-3)10-4-6-11(15)7-5-10/h4-9H,1-3H3. The van der Waals surface area contributed by atoms with Gasteiger partial charge in [-0.15, -0.1) is 0 Å². The van der Waals surface area contributed by atoms with Gasteiger partial charge in [-0.1, -0.05) is 23.7 Å². The van der Waals surface area contributed by atoms with Crippen LogP contribution in [0.15, 0.2) is 35.6 Å². The van der Waals surface area contributed by atoms with Crippen LogP contribution in [0.4, 0.5) is 0 Å². The minimum Gasteiger partial charge on any atom is -0.463 e. The van der Waals surface area contributed by atoms with Crippen LogP contribution in [0.2, 0.25) is 5.02 Å². The molecule has 0 saturated heterocycles. The van der Waals surface area contributed by atoms with Crippen molar-refractivity contribution < 1.29 is 9.53 Å². The molecule has 0 aliphatic carbocycles. The summed E-state index contributed by atoms with van der Waals surface area (Å²) in [6.45, 7) is 0. The third-order valence-corrected chi connectivity index (χ3v) is 2.85. The van der Waals surface area contributed by atoms with Gasteiger partial charge in [-0.2, -0.15) is 5.10 Å². The van der Waals surface area contributed by atoms with Crippen LogP contribution in [0.1, 0.15) is 10.6 Å². The summed E-state index contributed by atoms with van der Waals surface area (Å²) in [6.07, 6.45) is 3.23. The van der Waals surface area contributed by atoms with E-state index < -0.39 is 5.97 Å². The van der Waals surface area contributed by atoms with Gasteiger partial charge in [0.05, 0.1) is 19.0 Å². The predicted molar refractivity (Wildman–Crippen MR) is 81.6 cm³/mol. The molecule has 110 valence electrons. The van der Waals surface area contributed by atoms with Crippen LogP contribution in [0.25, 0.3) is 11.3 Å². The van der Waals surface area contributed by atoms with Crippen LogP contribution < -0.4 is 0 Å². The maximum atomic E-state index is 11.8. The van der Waals surface area contributed by atoms with Gasteiger partial charge in [0.15, 0.2) is 0 Å². The molecule has 0 radical (unpaired) electrons. The molecule has 7 heteroatoms. The molecule has 0 bridgehead atoms. The van der Waals surface area contributed by atoms with Gasteiger partial charge in [-0.05, 0) is 12.1 Å². The number of esters is 1. The molecular weight excluding hydrogens is 292 g/mol. The Morgan fingerprint density at radius 1 is 1.38 bits per heavy atom. The summed E-state index contributed by atoms with van der Waals surface area (Å²) in [5, 5.41) is 4.80. The predicted octanol–water partition coefficient (Wildman–Crippen LogP) is 2.34. The summed E-state index contributed by atoms with van der Waals surface area (Å²) in [6, 6.07) is 7.17. The smallest absolute Gasteiger partial charge is 0.376 e. The number of hydrogen-bond acceptors (Lipinski definition) is 4. The number of methoxy groups -OCH3 is 1. The van der Waals surface area contributed by atoms with Gasteiger partial charge in [0.1, 0.15) is 6.34 Å². The monoisotopic (exact) mass is 306 g/mol. The maximum Gasteiger partial charge on any atom is 0.376 e. The molecule has 0 N–H and O–H groups in total. The molecule has 6 nitrogen and oxygen atoms in total. The first-order valence-electron chi connectivity index (χ1n) is 6.16. The highest BCUT2D eigenvalue weighted by molar-refractivity contribution is 6.30. The van der Waals surface area contributed by atoms with Crippen LogP contribution in [0.5, 0.6) is 0 Å². The van der Waals surface area contributed by atoms with Gasteiger partial charge in [-0.3, -0.25) is 0 Å². The second-order valence-corrected chi connectivity index (χ2v) is 4.92. The van der Waals surface area contributed by atoms with Crippen molar-refractivity contribution in [3.63, 3.8) is 0 Å². The van der Waals surface area contributed by atoms with Crippen molar-refractivity contribution in [1.29, 1.82) is 0 Å². The maximum absolute atomic E-state index is 11.8. The summed E-state index contributed by atoms with van der Waals surface area (Å²) < 4.78 is 6.11. The third-order valence-electron chi connectivity index (χ3n) is 2.60. The minimum atomic E-state index is -0.550. The average Bonchev–Trinajstić information content (AvgIpc) is 2.89. The van der Waals surface area contributed by atoms with Crippen molar-refractivity contribution in [2.24, 2.45) is 5.10 Å². The van der Waals surface area contributed by atoms with Crippen LogP contribution >= 0.6 is 11.6 Å². The molecule has 2 aromatic rings. The van der Waals surface area contributed by atoms with Crippen LogP contribution in [0, 0.1) is 0 Å². The van der Waals surface area contributed by atoms with Gasteiger partial charge in [0, 0.05) is 24.7 Å². The number of hydrogen-bond donors (Lipinski definition) is 0. The lowest BCUT2D eigenvalue weighted by Gasteiger charge is -2.03. The van der Waals surface area contributed by atoms with Crippen molar-refractivity contribution in [3.05, 3.63) is 41.3 Å². The highest BCUT2D eigenvalue weighted by Gasteiger charge is 2.17. The van der Waals surface area contributed by atoms with Crippen molar-refractivity contribution in [2.75, 3.05) is 21.2 Å². The van der Waals surface area contributed by atoms with E-state index in [1.807, 2.05) is 26.2 Å². The largest absolute Gasteiger partial charge is 0.463 e. The lowest BCUT2D eigenvalue weighted by molar-refractivity contribution is 0.0582. The number of carbonyl (C=O) groups excluding carboxylic acids is 1. The van der Waals surface area contributed by atoms with Crippen molar-refractivity contribution in [1.82, 2.24) is 14.6 Å². The lowest BCUT2D eigenvalue weighted by Crippen LogP contribution is -2.12. The normalized spacial score (nSPS) is 10.9. The Balaban J connectivity index is 2.44. The van der Waals surface area contributed by atoms with Crippen LogP contribution in [0.3, 0.4) is 0 Å². The topological polar surface area (TPSA) is 59.7 Å². The van der Waals surface area contributed by atoms with E-state index in [9.17, 15) is 4.79 Å². The van der Waals surface area contributed by atoms with E-state index in [4.69, 9.17) is 16.3 Å². The van der Waals surface area contributed by atoms with Gasteiger partial charge in [-0.25, -0.2) is 14.5 Å². The molecule has 0 unspecified atom stereocenters. The number of halogens is 1. The first kappa shape index (κ1) is 15.1. The fraction of sp³-hybridized carbons (Fsp3) is 0.214. The Kier molecular flexibility index (Phi) is 4.59. The summed E-state index contributed by atoms with van der Waals surface area (Å²) in [4.78, 5) is 17.8. The molecule has 0 aliphatic heterocycles. The van der Waals surface area contributed by atoms with Crippen molar-refractivity contribution in [3.8, 4) is 11.3 Å². The Labute approximate surface area is 127 Å². The molecule has 1 heterocycles. The second kappa shape index (κ2) is 6.41. The van der Waals surface area contributed by atoms with E-state index in [-0.39, 0.29) is 5.82 Å². The fourth-order valence-corrected chi connectivity index (χ4v) is 1.73. The Morgan fingerprint density at radius 3 is 2.62 bits per heavy atom. The van der Waals surface area contributed by atoms with E-state index in [1.54, 1.807) is 29.6 Å². The molecule has 1 aromatic carbocycles. The number of rotatable bonds is 4. The van der Waals surface area contributed by atoms with Crippen molar-refractivity contribution >= 4 is 23.9 Å². The molecule has 0 atom stereocenters. The van der Waals surface area contributed by atoms with Gasteiger partial charge in [0.25, 0.3) is 0 Å². The molecule has 2 rings (SSSR count). The molecule has 0 aliphatic rings. The zero-order valence-corrected chi connectivity index (χ0v) is 12.7. The van der Waals surface area contributed by atoms with Crippen molar-refractivity contribution in [2.45, 2.75) is 0 Å². The molecule has 1 aromatic heterocycles. The lowest BCUT2D eigenvalue weighted by atomic mass is 10.2. The van der Waals surface area contributed by atoms with E-state index in [2.05, 4.69) is 10.1 Å². The van der Waals surface area contributed by atoms with E-state index >= 15 is 0 Å². The first-order chi connectivity index (χ1) is 10.0. The highest BCUT2D eigenvalue weighted by Crippen LogP contribution is 2.21. The number of benzene rings is 1. The molecule has 0 fully saturated rings. The fourth-order valence-electron chi connectivity index (χ4n) is 1.61. The second-order valence-electron chi connectivity index (χ2n) is 4.49. The molecule has 0 saturated carbocycles. The van der Waals surface area contributed by atoms with Crippen LogP contribution in [-0.2, 0) is 4.74 Å². The highest BCUT2D eigenvalue weighted by atomic mass is 35.5. The summed E-state index contributed by atoms with van der Waals surface area (Å²) in [7, 11) is 4.97. The Bertz CT molecular complexity index is 662. The molecule has 21 heavy (non-hydrogen) atoms. The third kappa shape index (κ3) is 3.61. The number of ether oxygens (including phenoxy) is 1. The Hall–Kier alpha value is -2.34. The van der Waals surface area contributed by atoms with Gasteiger partial charge in [0.2, 0.25) is 5.82 Å². The molecule has 0 spiro atoms. The zero-order valence-electron chi connectivity index (χ0n) is 11.9. The van der Waals surface area contributed by atoms with E-state index in [0.29, 0.717) is 10.7 Å². The number of aromatic nitrogens is 2. The molecule has 0 amide bonds. The molecular formula is C14H15ClN4O2. The Morgan fingerprint density at radius 2 is 2.05 bits per heavy atom. The SMILES string of the molecule is COC(=O)c1nc(-c2ccc(Cl)cc2)cn1N=CN(C)C. The minimum absolute atomic E-state index is 0.112. The van der Waals surface area contributed by atoms with Gasteiger partial charge < -0.3 is 9.64 Å². The summed E-state index contributed by atoms with van der Waals surface area (Å²) in [5.74, 6) is -0.438. The van der Waals surface area contributed by atoms with E-state index in [1.165, 1.54) is 11.8 Å². The number of nitrogens with zero attached hydrogens (tertiary/aromatic N) is 4. The van der Waals surface area contributed by atoms with E-state index in [0.717, 1.165) is 5.56 Å². The first-order valence-corrected chi connectivity index (χ1v) is 6.53. The summed E-state index contributed by atoms with van der Waals surface area (Å²) in [5.41, 5.74) is 1.45.